The maximum absolute atomic E-state index is 12.0. The smallest absolute Gasteiger partial charge is 0.328 e. The molecular formula is C17H22N4O3. The van der Waals surface area contributed by atoms with Crippen LogP contribution in [0, 0.1) is 0 Å². The van der Waals surface area contributed by atoms with E-state index >= 15 is 0 Å². The fourth-order valence-corrected chi connectivity index (χ4v) is 2.51. The van der Waals surface area contributed by atoms with E-state index in [1.54, 1.807) is 0 Å². The van der Waals surface area contributed by atoms with Gasteiger partial charge < -0.3 is 10.2 Å². The Hall–Kier alpha value is -2.83. The third kappa shape index (κ3) is 4.34. The van der Waals surface area contributed by atoms with Gasteiger partial charge in [-0.25, -0.2) is 4.79 Å². The van der Waals surface area contributed by atoms with E-state index in [0.717, 1.165) is 16.8 Å². The molecule has 0 unspecified atom stereocenters. The predicted octanol–water partition coefficient (Wildman–Crippen LogP) is 1.41. The molecule has 1 heterocycles. The van der Waals surface area contributed by atoms with Crippen molar-refractivity contribution < 1.29 is 4.79 Å². The molecule has 0 atom stereocenters. The number of benzene rings is 1. The number of carbonyl (C=O) groups is 1. The van der Waals surface area contributed by atoms with Crippen LogP contribution in [0.15, 0.2) is 46.1 Å². The zero-order valence-electron chi connectivity index (χ0n) is 14.1. The van der Waals surface area contributed by atoms with Gasteiger partial charge in [-0.2, -0.15) is 0 Å². The van der Waals surface area contributed by atoms with Crippen molar-refractivity contribution in [2.45, 2.75) is 33.4 Å². The molecule has 0 fully saturated rings. The molecule has 24 heavy (non-hydrogen) atoms. The molecule has 1 aromatic heterocycles. The van der Waals surface area contributed by atoms with Crippen molar-refractivity contribution in [2.75, 3.05) is 16.8 Å². The summed E-state index contributed by atoms with van der Waals surface area (Å²) < 4.78 is 1.14. The third-order valence-corrected chi connectivity index (χ3v) is 3.66. The van der Waals surface area contributed by atoms with Crippen LogP contribution in [0.4, 0.5) is 11.4 Å². The van der Waals surface area contributed by atoms with Gasteiger partial charge in [0.05, 0.1) is 0 Å². The lowest BCUT2D eigenvalue weighted by molar-refractivity contribution is -0.116. The average molecular weight is 330 g/mol. The SMILES string of the molecule is CCN(c1ccc(NC(=O)Cn2ccc(=O)[nH]c2=O)cc1)C(C)C. The molecule has 0 bridgehead atoms. The minimum Gasteiger partial charge on any atom is -0.369 e. The van der Waals surface area contributed by atoms with E-state index in [0.29, 0.717) is 11.7 Å². The van der Waals surface area contributed by atoms with Crippen molar-refractivity contribution >= 4 is 17.3 Å². The number of rotatable bonds is 6. The Bertz CT molecular complexity index is 806. The van der Waals surface area contributed by atoms with E-state index in [1.165, 1.54) is 12.3 Å². The standard InChI is InChI=1S/C17H22N4O3/c1-4-21(12(2)3)14-7-5-13(6-8-14)18-16(23)11-20-10-9-15(22)19-17(20)24/h5-10,12H,4,11H2,1-3H3,(H,18,23)(H,19,22,24). The Labute approximate surface area is 139 Å². The Balaban J connectivity index is 2.04. The molecular weight excluding hydrogens is 308 g/mol. The van der Waals surface area contributed by atoms with Crippen molar-refractivity contribution in [1.29, 1.82) is 0 Å². The van der Waals surface area contributed by atoms with Crippen LogP contribution in [-0.4, -0.2) is 28.0 Å². The van der Waals surface area contributed by atoms with Gasteiger partial charge >= 0.3 is 5.69 Å². The van der Waals surface area contributed by atoms with E-state index in [-0.39, 0.29) is 12.5 Å². The fraction of sp³-hybridized carbons (Fsp3) is 0.353. The lowest BCUT2D eigenvalue weighted by Gasteiger charge is -2.27. The molecule has 0 aliphatic carbocycles. The average Bonchev–Trinajstić information content (AvgIpc) is 2.52. The van der Waals surface area contributed by atoms with Crippen molar-refractivity contribution in [3.63, 3.8) is 0 Å². The lowest BCUT2D eigenvalue weighted by Crippen LogP contribution is -2.32. The van der Waals surface area contributed by atoms with Gasteiger partial charge in [-0.1, -0.05) is 0 Å². The minimum absolute atomic E-state index is 0.162. The predicted molar refractivity (Wildman–Crippen MR) is 94.6 cm³/mol. The molecule has 2 rings (SSSR count). The number of aromatic amines is 1. The number of hydrogen-bond donors (Lipinski definition) is 2. The van der Waals surface area contributed by atoms with Crippen LogP contribution >= 0.6 is 0 Å². The molecule has 2 N–H and O–H groups in total. The number of aromatic nitrogens is 2. The molecule has 0 saturated carbocycles. The summed E-state index contributed by atoms with van der Waals surface area (Å²) in [6.45, 7) is 7.09. The normalized spacial score (nSPS) is 10.7. The highest BCUT2D eigenvalue weighted by Crippen LogP contribution is 2.19. The van der Waals surface area contributed by atoms with Gasteiger partial charge in [0.2, 0.25) is 5.91 Å². The van der Waals surface area contributed by atoms with E-state index in [4.69, 9.17) is 0 Å². The number of nitrogens with zero attached hydrogens (tertiary/aromatic N) is 2. The van der Waals surface area contributed by atoms with Gasteiger partial charge in [-0.05, 0) is 45.0 Å². The summed E-state index contributed by atoms with van der Waals surface area (Å²) in [4.78, 5) is 39.0. The summed E-state index contributed by atoms with van der Waals surface area (Å²) in [5.74, 6) is -0.340. The molecule has 7 nitrogen and oxygen atoms in total. The molecule has 1 aromatic carbocycles. The number of nitrogens with one attached hydrogen (secondary N) is 2. The van der Waals surface area contributed by atoms with Crippen LogP contribution in [0.5, 0.6) is 0 Å². The van der Waals surface area contributed by atoms with Gasteiger partial charge in [0, 0.05) is 36.2 Å². The van der Waals surface area contributed by atoms with Crippen molar-refractivity contribution in [2.24, 2.45) is 0 Å². The first-order valence-corrected chi connectivity index (χ1v) is 7.87. The Morgan fingerprint density at radius 3 is 2.42 bits per heavy atom. The molecule has 1 amide bonds. The first-order chi connectivity index (χ1) is 11.4. The monoisotopic (exact) mass is 330 g/mol. The van der Waals surface area contributed by atoms with Crippen LogP contribution in [0.3, 0.4) is 0 Å². The number of hydrogen-bond acceptors (Lipinski definition) is 4. The maximum Gasteiger partial charge on any atom is 0.328 e. The highest BCUT2D eigenvalue weighted by Gasteiger charge is 2.09. The summed E-state index contributed by atoms with van der Waals surface area (Å²) in [5, 5.41) is 2.74. The number of amides is 1. The van der Waals surface area contributed by atoms with Gasteiger partial charge in [0.15, 0.2) is 0 Å². The lowest BCUT2D eigenvalue weighted by atomic mass is 10.2. The highest BCUT2D eigenvalue weighted by atomic mass is 16.2. The Kier molecular flexibility index (Phi) is 5.57. The molecule has 0 radical (unpaired) electrons. The maximum atomic E-state index is 12.0. The summed E-state index contributed by atoms with van der Waals surface area (Å²) >= 11 is 0. The van der Waals surface area contributed by atoms with Crippen molar-refractivity contribution in [3.05, 3.63) is 57.4 Å². The zero-order chi connectivity index (χ0) is 17.7. The van der Waals surface area contributed by atoms with Gasteiger partial charge in [-0.15, -0.1) is 0 Å². The van der Waals surface area contributed by atoms with Crippen LogP contribution in [0.1, 0.15) is 20.8 Å². The molecule has 0 aliphatic heterocycles. The zero-order valence-corrected chi connectivity index (χ0v) is 14.1. The topological polar surface area (TPSA) is 87.2 Å². The van der Waals surface area contributed by atoms with E-state index < -0.39 is 11.2 Å². The Morgan fingerprint density at radius 1 is 1.21 bits per heavy atom. The van der Waals surface area contributed by atoms with Crippen molar-refractivity contribution in [1.82, 2.24) is 9.55 Å². The molecule has 0 spiro atoms. The van der Waals surface area contributed by atoms with Crippen LogP contribution < -0.4 is 21.5 Å². The largest absolute Gasteiger partial charge is 0.369 e. The second kappa shape index (κ2) is 7.63. The second-order valence-corrected chi connectivity index (χ2v) is 5.71. The van der Waals surface area contributed by atoms with Gasteiger partial charge in [-0.3, -0.25) is 19.1 Å². The van der Waals surface area contributed by atoms with Gasteiger partial charge in [0.1, 0.15) is 6.54 Å². The molecule has 0 aliphatic rings. The van der Waals surface area contributed by atoms with Crippen LogP contribution in [-0.2, 0) is 11.3 Å². The first-order valence-electron chi connectivity index (χ1n) is 7.87. The van der Waals surface area contributed by atoms with Gasteiger partial charge in [0.25, 0.3) is 5.56 Å². The Morgan fingerprint density at radius 2 is 1.88 bits per heavy atom. The minimum atomic E-state index is -0.608. The van der Waals surface area contributed by atoms with E-state index in [9.17, 15) is 14.4 Å². The number of H-pyrrole nitrogens is 1. The molecule has 0 saturated heterocycles. The van der Waals surface area contributed by atoms with E-state index in [2.05, 4.69) is 36.0 Å². The summed E-state index contributed by atoms with van der Waals surface area (Å²) in [6.07, 6.45) is 1.30. The molecule has 2 aromatic rings. The number of anilines is 2. The van der Waals surface area contributed by atoms with Crippen LogP contribution in [0.25, 0.3) is 0 Å². The third-order valence-electron chi connectivity index (χ3n) is 3.66. The summed E-state index contributed by atoms with van der Waals surface area (Å²) in [5.41, 5.74) is 0.643. The highest BCUT2D eigenvalue weighted by molar-refractivity contribution is 5.90. The van der Waals surface area contributed by atoms with Crippen molar-refractivity contribution in [3.8, 4) is 0 Å². The quantitative estimate of drug-likeness (QED) is 0.838. The summed E-state index contributed by atoms with van der Waals surface area (Å²) in [6, 6.07) is 9.15. The molecule has 128 valence electrons. The van der Waals surface area contributed by atoms with Crippen LogP contribution in [0.2, 0.25) is 0 Å². The fourth-order valence-electron chi connectivity index (χ4n) is 2.51. The molecule has 7 heteroatoms. The van der Waals surface area contributed by atoms with E-state index in [1.807, 2.05) is 24.3 Å². The summed E-state index contributed by atoms with van der Waals surface area (Å²) in [7, 11) is 0. The second-order valence-electron chi connectivity index (χ2n) is 5.71. The first kappa shape index (κ1) is 17.5. The number of carbonyl (C=O) groups excluding carboxylic acids is 1.